The third-order valence-corrected chi connectivity index (χ3v) is 7.42. The van der Waals surface area contributed by atoms with Crippen molar-refractivity contribution in [3.05, 3.63) is 63.1 Å². The van der Waals surface area contributed by atoms with Crippen LogP contribution >= 0.6 is 46.4 Å². The Morgan fingerprint density at radius 1 is 1.12 bits per heavy atom. The number of Topliss-reactive ketones (excluding diaryl/α,β-unsaturated/α-hetero) is 1. The second kappa shape index (κ2) is 8.70. The average molecular weight is 532 g/mol. The zero-order valence-corrected chi connectivity index (χ0v) is 19.9. The van der Waals surface area contributed by atoms with Crippen molar-refractivity contribution in [2.24, 2.45) is 11.8 Å². The van der Waals surface area contributed by atoms with Gasteiger partial charge in [0.15, 0.2) is 5.78 Å². The molecule has 4 nitrogen and oxygen atoms in total. The van der Waals surface area contributed by atoms with Crippen molar-refractivity contribution in [3.8, 4) is 6.07 Å². The summed E-state index contributed by atoms with van der Waals surface area (Å²) in [4.78, 5) is 25.5. The van der Waals surface area contributed by atoms with Crippen molar-refractivity contribution in [2.75, 3.05) is 5.32 Å². The van der Waals surface area contributed by atoms with Crippen molar-refractivity contribution in [3.63, 3.8) is 0 Å². The highest BCUT2D eigenvalue weighted by molar-refractivity contribution is 6.53. The first-order valence-electron chi connectivity index (χ1n) is 10.0. The van der Waals surface area contributed by atoms with Crippen molar-refractivity contribution in [1.82, 2.24) is 0 Å². The number of nitrogens with one attached hydrogen (secondary N) is 1. The Morgan fingerprint density at radius 2 is 1.82 bits per heavy atom. The molecular weight excluding hydrogens is 516 g/mol. The molecule has 172 valence electrons. The summed E-state index contributed by atoms with van der Waals surface area (Å²) < 4.78 is 24.7. The van der Waals surface area contributed by atoms with E-state index in [9.17, 15) is 18.4 Å². The van der Waals surface area contributed by atoms with Crippen molar-refractivity contribution >= 4 is 63.8 Å². The summed E-state index contributed by atoms with van der Waals surface area (Å²) in [5, 5.41) is 12.3. The van der Waals surface area contributed by atoms with Crippen LogP contribution in [0.3, 0.4) is 0 Å². The quantitative estimate of drug-likeness (QED) is 0.322. The summed E-state index contributed by atoms with van der Waals surface area (Å²) in [6.07, 6.45) is -0.680. The van der Waals surface area contributed by atoms with Crippen LogP contribution in [0.25, 0.3) is 0 Å². The number of amides is 1. The Hall–Kier alpha value is -1.91. The highest BCUT2D eigenvalue weighted by Crippen LogP contribution is 2.65. The number of ketones is 1. The number of hydrogen-bond donors (Lipinski definition) is 1. The predicted octanol–water partition coefficient (Wildman–Crippen LogP) is 7.01. The third kappa shape index (κ3) is 4.97. The summed E-state index contributed by atoms with van der Waals surface area (Å²) in [6.45, 7) is 0. The summed E-state index contributed by atoms with van der Waals surface area (Å²) >= 11 is 24.9. The highest BCUT2D eigenvalue weighted by atomic mass is 35.5. The van der Waals surface area contributed by atoms with Crippen LogP contribution in [0.15, 0.2) is 36.4 Å². The highest BCUT2D eigenvalue weighted by Gasteiger charge is 2.67. The third-order valence-electron chi connectivity index (χ3n) is 5.93. The summed E-state index contributed by atoms with van der Waals surface area (Å²) in [7, 11) is 0. The van der Waals surface area contributed by atoms with E-state index in [-0.39, 0.29) is 35.6 Å². The van der Waals surface area contributed by atoms with Crippen molar-refractivity contribution in [1.29, 1.82) is 5.26 Å². The van der Waals surface area contributed by atoms with E-state index in [0.717, 1.165) is 0 Å². The first kappa shape index (κ1) is 24.2. The summed E-state index contributed by atoms with van der Waals surface area (Å²) in [5.41, 5.74) is 1.32. The van der Waals surface area contributed by atoms with E-state index >= 15 is 0 Å². The normalized spacial score (nSPS) is 22.7. The molecule has 2 aromatic carbocycles. The maximum absolute atomic E-state index is 13.1. The minimum Gasteiger partial charge on any atom is -0.326 e. The first-order chi connectivity index (χ1) is 15.4. The van der Waals surface area contributed by atoms with Gasteiger partial charge >= 0.3 is 0 Å². The number of carbonyl (C=O) groups excluding carboxylic acids is 2. The number of hydrogen-bond acceptors (Lipinski definition) is 3. The van der Waals surface area contributed by atoms with E-state index in [2.05, 4.69) is 5.32 Å². The van der Waals surface area contributed by atoms with Crippen LogP contribution in [0.4, 0.5) is 14.5 Å². The number of alkyl halides is 4. The van der Waals surface area contributed by atoms with Gasteiger partial charge in [0.25, 0.3) is 0 Å². The lowest BCUT2D eigenvalue weighted by molar-refractivity contribution is -0.117. The maximum Gasteiger partial charge on any atom is 0.248 e. The number of halogens is 6. The van der Waals surface area contributed by atoms with Crippen LogP contribution in [0.2, 0.25) is 10.0 Å². The molecule has 0 aromatic heterocycles. The van der Waals surface area contributed by atoms with Gasteiger partial charge in [-0.1, -0.05) is 23.2 Å². The van der Waals surface area contributed by atoms with Gasteiger partial charge in [0, 0.05) is 41.5 Å². The number of anilines is 1. The van der Waals surface area contributed by atoms with Crippen LogP contribution in [0.1, 0.15) is 46.7 Å². The molecule has 1 amide bonds. The fourth-order valence-corrected chi connectivity index (χ4v) is 5.56. The van der Waals surface area contributed by atoms with Gasteiger partial charge < -0.3 is 5.32 Å². The molecule has 10 heteroatoms. The van der Waals surface area contributed by atoms with Crippen LogP contribution in [0.5, 0.6) is 0 Å². The lowest BCUT2D eigenvalue weighted by atomic mass is 9.77. The van der Waals surface area contributed by atoms with Crippen LogP contribution in [0, 0.1) is 23.2 Å². The molecule has 0 heterocycles. The minimum atomic E-state index is -2.71. The number of carbonyl (C=O) groups is 2. The molecule has 1 N–H and O–H groups in total. The smallest absolute Gasteiger partial charge is 0.248 e. The molecule has 2 unspecified atom stereocenters. The van der Waals surface area contributed by atoms with Gasteiger partial charge in [-0.3, -0.25) is 9.59 Å². The van der Waals surface area contributed by atoms with Crippen LogP contribution < -0.4 is 5.32 Å². The topological polar surface area (TPSA) is 70.0 Å². The average Bonchev–Trinajstić information content (AvgIpc) is 3.29. The molecule has 0 bridgehead atoms. The van der Waals surface area contributed by atoms with E-state index in [1.54, 1.807) is 12.1 Å². The van der Waals surface area contributed by atoms with Crippen LogP contribution in [-0.2, 0) is 4.79 Å². The zero-order chi connectivity index (χ0) is 24.1. The SMILES string of the molecule is N#Cc1cc(Cl)cc(C2C(C(=O)Nc3ccc(Cl)c(C(=O)CC4CC(F)(F)C4)c3)C2(Cl)Cl)c1. The molecule has 2 atom stereocenters. The molecule has 0 saturated heterocycles. The van der Waals surface area contributed by atoms with E-state index in [4.69, 9.17) is 51.7 Å². The summed E-state index contributed by atoms with van der Waals surface area (Å²) in [6, 6.07) is 11.0. The van der Waals surface area contributed by atoms with E-state index < -0.39 is 33.9 Å². The number of nitriles is 1. The van der Waals surface area contributed by atoms with Crippen LogP contribution in [-0.4, -0.2) is 21.9 Å². The molecule has 2 aliphatic rings. The Bertz CT molecular complexity index is 1190. The largest absolute Gasteiger partial charge is 0.326 e. The number of nitrogens with zero attached hydrogens (tertiary/aromatic N) is 1. The lowest BCUT2D eigenvalue weighted by Gasteiger charge is -2.34. The summed E-state index contributed by atoms with van der Waals surface area (Å²) in [5.74, 6) is -5.36. The van der Waals surface area contributed by atoms with Crippen molar-refractivity contribution in [2.45, 2.75) is 35.4 Å². The predicted molar refractivity (Wildman–Crippen MR) is 124 cm³/mol. The lowest BCUT2D eigenvalue weighted by Crippen LogP contribution is -2.36. The maximum atomic E-state index is 13.1. The Kier molecular flexibility index (Phi) is 6.39. The van der Waals surface area contributed by atoms with Gasteiger partial charge in [0.1, 0.15) is 4.33 Å². The Labute approximate surface area is 208 Å². The van der Waals surface area contributed by atoms with Gasteiger partial charge in [-0.25, -0.2) is 8.78 Å². The minimum absolute atomic E-state index is 0.0418. The standard InChI is InChI=1S/C23H16Cl4F2N2O2/c24-14-4-11(10-30)3-13(6-14)19-20(23(19,26)27)21(33)31-15-1-2-17(25)16(7-15)18(32)5-12-8-22(28,29)9-12/h1-4,6-7,12,19-20H,5,8-9H2,(H,31,33). The van der Waals surface area contributed by atoms with Gasteiger partial charge in [0.05, 0.1) is 22.6 Å². The van der Waals surface area contributed by atoms with Gasteiger partial charge in [-0.05, 0) is 47.9 Å². The first-order valence-corrected chi connectivity index (χ1v) is 11.5. The number of benzene rings is 2. The monoisotopic (exact) mass is 530 g/mol. The molecule has 2 aliphatic carbocycles. The molecule has 2 saturated carbocycles. The molecule has 4 rings (SSSR count). The number of rotatable bonds is 6. The van der Waals surface area contributed by atoms with E-state index in [1.165, 1.54) is 24.3 Å². The second-order valence-electron chi connectivity index (χ2n) is 8.46. The van der Waals surface area contributed by atoms with E-state index in [1.807, 2.05) is 6.07 Å². The molecule has 0 spiro atoms. The Morgan fingerprint density at radius 3 is 2.45 bits per heavy atom. The van der Waals surface area contributed by atoms with E-state index in [0.29, 0.717) is 21.8 Å². The molecule has 0 radical (unpaired) electrons. The van der Waals surface area contributed by atoms with Gasteiger partial charge in [-0.2, -0.15) is 5.26 Å². The Balaban J connectivity index is 1.48. The fraction of sp³-hybridized carbons (Fsp3) is 0.348. The second-order valence-corrected chi connectivity index (χ2v) is 10.7. The zero-order valence-electron chi connectivity index (χ0n) is 16.8. The fourth-order valence-electron chi connectivity index (χ4n) is 4.26. The van der Waals surface area contributed by atoms with Crippen molar-refractivity contribution < 1.29 is 18.4 Å². The molecule has 0 aliphatic heterocycles. The molecule has 2 fully saturated rings. The van der Waals surface area contributed by atoms with Gasteiger partial charge in [0.2, 0.25) is 11.8 Å². The molecule has 2 aromatic rings. The molecule has 33 heavy (non-hydrogen) atoms. The molecular formula is C23H16Cl4F2N2O2. The van der Waals surface area contributed by atoms with Gasteiger partial charge in [-0.15, -0.1) is 23.2 Å².